The number of benzene rings is 1. The van der Waals surface area contributed by atoms with E-state index in [0.717, 1.165) is 0 Å². The number of carbonyl (C=O) groups excluding carboxylic acids is 2. The van der Waals surface area contributed by atoms with E-state index >= 15 is 0 Å². The maximum atomic E-state index is 11.8. The third kappa shape index (κ3) is 4.53. The summed E-state index contributed by atoms with van der Waals surface area (Å²) >= 11 is 0. The summed E-state index contributed by atoms with van der Waals surface area (Å²) in [6, 6.07) is 5.14. The molecule has 0 saturated carbocycles. The highest BCUT2D eigenvalue weighted by molar-refractivity contribution is 5.96. The van der Waals surface area contributed by atoms with Gasteiger partial charge in [0.25, 0.3) is 5.69 Å². The average molecular weight is 294 g/mol. The Balaban J connectivity index is 2.77. The standard InChI is InChI=1S/C13H18N4O4/c1-9(12(18)15-13(19)14-2)16(3)8-10-6-4-5-7-11(10)17(20)21/h4-7,9H,8H2,1-3H3,(H2,14,15,18,19)/t9-/m0/s1. The molecule has 1 rings (SSSR count). The molecule has 8 nitrogen and oxygen atoms in total. The molecule has 0 bridgehead atoms. The van der Waals surface area contributed by atoms with Gasteiger partial charge in [-0.25, -0.2) is 4.79 Å². The number of hydrogen-bond donors (Lipinski definition) is 2. The number of imide groups is 1. The Morgan fingerprint density at radius 1 is 1.38 bits per heavy atom. The highest BCUT2D eigenvalue weighted by Gasteiger charge is 2.22. The Morgan fingerprint density at radius 2 is 2.00 bits per heavy atom. The molecule has 0 saturated heterocycles. The quantitative estimate of drug-likeness (QED) is 0.619. The van der Waals surface area contributed by atoms with Crippen molar-refractivity contribution in [1.82, 2.24) is 15.5 Å². The van der Waals surface area contributed by atoms with E-state index in [-0.39, 0.29) is 12.2 Å². The van der Waals surface area contributed by atoms with Crippen molar-refractivity contribution in [3.63, 3.8) is 0 Å². The molecule has 0 aliphatic heterocycles. The Bertz CT molecular complexity index is 547. The second-order valence-corrected chi connectivity index (χ2v) is 4.55. The minimum absolute atomic E-state index is 0.00302. The molecule has 1 atom stereocenters. The van der Waals surface area contributed by atoms with Crippen molar-refractivity contribution < 1.29 is 14.5 Å². The van der Waals surface area contributed by atoms with Gasteiger partial charge in [-0.1, -0.05) is 18.2 Å². The molecule has 0 fully saturated rings. The lowest BCUT2D eigenvalue weighted by Crippen LogP contribution is -2.47. The monoisotopic (exact) mass is 294 g/mol. The number of nitro groups is 1. The Morgan fingerprint density at radius 3 is 2.57 bits per heavy atom. The van der Waals surface area contributed by atoms with Crippen molar-refractivity contribution in [3.05, 3.63) is 39.9 Å². The van der Waals surface area contributed by atoms with Crippen LogP contribution in [0.2, 0.25) is 0 Å². The summed E-state index contributed by atoms with van der Waals surface area (Å²) in [5.41, 5.74) is 0.507. The SMILES string of the molecule is CNC(=O)NC(=O)[C@H](C)N(C)Cc1ccccc1[N+](=O)[O-]. The van der Waals surface area contributed by atoms with Crippen LogP contribution in [-0.4, -0.2) is 41.9 Å². The molecule has 0 aromatic heterocycles. The molecule has 0 spiro atoms. The summed E-state index contributed by atoms with van der Waals surface area (Å²) in [6.45, 7) is 1.84. The Labute approximate surface area is 122 Å². The fourth-order valence-electron chi connectivity index (χ4n) is 1.71. The molecule has 8 heteroatoms. The van der Waals surface area contributed by atoms with Crippen LogP contribution in [0, 0.1) is 10.1 Å². The van der Waals surface area contributed by atoms with E-state index in [1.807, 2.05) is 0 Å². The molecule has 0 heterocycles. The first-order chi connectivity index (χ1) is 9.86. The molecular weight excluding hydrogens is 276 g/mol. The number of nitrogens with zero attached hydrogens (tertiary/aromatic N) is 2. The summed E-state index contributed by atoms with van der Waals surface area (Å²) in [6.07, 6.45) is 0. The van der Waals surface area contributed by atoms with Gasteiger partial charge in [0, 0.05) is 25.2 Å². The third-order valence-electron chi connectivity index (χ3n) is 3.11. The number of rotatable bonds is 5. The van der Waals surface area contributed by atoms with Crippen LogP contribution in [0.25, 0.3) is 0 Å². The van der Waals surface area contributed by atoms with Crippen molar-refractivity contribution in [1.29, 1.82) is 0 Å². The summed E-state index contributed by atoms with van der Waals surface area (Å²) in [7, 11) is 3.06. The minimum Gasteiger partial charge on any atom is -0.341 e. The molecular formula is C13H18N4O4. The fraction of sp³-hybridized carbons (Fsp3) is 0.385. The van der Waals surface area contributed by atoms with Gasteiger partial charge in [-0.2, -0.15) is 0 Å². The van der Waals surface area contributed by atoms with Gasteiger partial charge in [0.2, 0.25) is 5.91 Å². The van der Waals surface area contributed by atoms with Crippen LogP contribution in [0.5, 0.6) is 0 Å². The van der Waals surface area contributed by atoms with Crippen molar-refractivity contribution in [2.24, 2.45) is 0 Å². The number of hydrogen-bond acceptors (Lipinski definition) is 5. The predicted molar refractivity (Wildman–Crippen MR) is 76.6 cm³/mol. The zero-order chi connectivity index (χ0) is 16.0. The highest BCUT2D eigenvalue weighted by atomic mass is 16.6. The van der Waals surface area contributed by atoms with E-state index in [9.17, 15) is 19.7 Å². The Hall–Kier alpha value is -2.48. The molecule has 0 radical (unpaired) electrons. The zero-order valence-electron chi connectivity index (χ0n) is 12.1. The number of urea groups is 1. The van der Waals surface area contributed by atoms with Gasteiger partial charge in [-0.15, -0.1) is 0 Å². The summed E-state index contributed by atoms with van der Waals surface area (Å²) < 4.78 is 0. The molecule has 114 valence electrons. The maximum Gasteiger partial charge on any atom is 0.321 e. The van der Waals surface area contributed by atoms with Crippen LogP contribution in [-0.2, 0) is 11.3 Å². The largest absolute Gasteiger partial charge is 0.341 e. The van der Waals surface area contributed by atoms with E-state index in [0.29, 0.717) is 5.56 Å². The van der Waals surface area contributed by atoms with Crippen LogP contribution in [0.15, 0.2) is 24.3 Å². The fourth-order valence-corrected chi connectivity index (χ4v) is 1.71. The average Bonchev–Trinajstić information content (AvgIpc) is 2.46. The van der Waals surface area contributed by atoms with Gasteiger partial charge in [0.05, 0.1) is 11.0 Å². The smallest absolute Gasteiger partial charge is 0.321 e. The van der Waals surface area contributed by atoms with Gasteiger partial charge >= 0.3 is 6.03 Å². The van der Waals surface area contributed by atoms with Gasteiger partial charge in [0.1, 0.15) is 0 Å². The first-order valence-electron chi connectivity index (χ1n) is 6.32. The summed E-state index contributed by atoms with van der Waals surface area (Å²) in [5.74, 6) is -0.476. The number of nitrogens with one attached hydrogen (secondary N) is 2. The van der Waals surface area contributed by atoms with Crippen molar-refractivity contribution in [2.45, 2.75) is 19.5 Å². The summed E-state index contributed by atoms with van der Waals surface area (Å²) in [4.78, 5) is 35.0. The first kappa shape index (κ1) is 16.6. The normalized spacial score (nSPS) is 11.8. The second-order valence-electron chi connectivity index (χ2n) is 4.55. The Kier molecular flexibility index (Phi) is 5.79. The van der Waals surface area contributed by atoms with E-state index in [4.69, 9.17) is 0 Å². The van der Waals surface area contributed by atoms with E-state index < -0.39 is 22.9 Å². The molecule has 1 aromatic rings. The second kappa shape index (κ2) is 7.34. The van der Waals surface area contributed by atoms with Gasteiger partial charge < -0.3 is 5.32 Å². The molecule has 2 N–H and O–H groups in total. The lowest BCUT2D eigenvalue weighted by atomic mass is 10.1. The van der Waals surface area contributed by atoms with Gasteiger partial charge in [-0.05, 0) is 14.0 Å². The van der Waals surface area contributed by atoms with Crippen molar-refractivity contribution in [2.75, 3.05) is 14.1 Å². The molecule has 0 aliphatic carbocycles. The van der Waals surface area contributed by atoms with Gasteiger partial charge in [-0.3, -0.25) is 25.1 Å². The van der Waals surface area contributed by atoms with Crippen LogP contribution < -0.4 is 10.6 Å². The predicted octanol–water partition coefficient (Wildman–Crippen LogP) is 0.871. The lowest BCUT2D eigenvalue weighted by molar-refractivity contribution is -0.385. The highest BCUT2D eigenvalue weighted by Crippen LogP contribution is 2.19. The van der Waals surface area contributed by atoms with Crippen LogP contribution in [0.4, 0.5) is 10.5 Å². The molecule has 21 heavy (non-hydrogen) atoms. The summed E-state index contributed by atoms with van der Waals surface area (Å²) in [5, 5.41) is 15.4. The number of carbonyl (C=O) groups is 2. The lowest BCUT2D eigenvalue weighted by Gasteiger charge is -2.23. The number of amides is 3. The first-order valence-corrected chi connectivity index (χ1v) is 6.32. The van der Waals surface area contributed by atoms with Crippen molar-refractivity contribution >= 4 is 17.6 Å². The van der Waals surface area contributed by atoms with Crippen molar-refractivity contribution in [3.8, 4) is 0 Å². The number of nitro benzene ring substituents is 1. The molecule has 0 unspecified atom stereocenters. The van der Waals surface area contributed by atoms with Crippen LogP contribution in [0.3, 0.4) is 0 Å². The number of para-hydroxylation sites is 1. The van der Waals surface area contributed by atoms with E-state index in [1.54, 1.807) is 37.1 Å². The van der Waals surface area contributed by atoms with Gasteiger partial charge in [0.15, 0.2) is 0 Å². The van der Waals surface area contributed by atoms with Crippen LogP contribution in [0.1, 0.15) is 12.5 Å². The van der Waals surface area contributed by atoms with E-state index in [1.165, 1.54) is 13.1 Å². The minimum atomic E-state index is -0.609. The van der Waals surface area contributed by atoms with Crippen LogP contribution >= 0.6 is 0 Å². The third-order valence-corrected chi connectivity index (χ3v) is 3.11. The zero-order valence-corrected chi connectivity index (χ0v) is 12.1. The molecule has 0 aliphatic rings. The molecule has 1 aromatic carbocycles. The molecule has 3 amide bonds. The maximum absolute atomic E-state index is 11.8. The number of likely N-dealkylation sites (N-methyl/N-ethyl adjacent to an activating group) is 1. The topological polar surface area (TPSA) is 105 Å². The van der Waals surface area contributed by atoms with E-state index in [2.05, 4.69) is 10.6 Å².